The lowest BCUT2D eigenvalue weighted by Gasteiger charge is -2.09. The molecule has 2 N–H and O–H groups in total. The van der Waals surface area contributed by atoms with Crippen LogP contribution >= 0.6 is 27.7 Å². The molecule has 0 heterocycles. The van der Waals surface area contributed by atoms with Crippen LogP contribution in [0.1, 0.15) is 32.8 Å². The number of hydrogen-bond acceptors (Lipinski definition) is 2. The molecule has 0 bridgehead atoms. The van der Waals surface area contributed by atoms with Crippen molar-refractivity contribution in [2.45, 2.75) is 44.6 Å². The summed E-state index contributed by atoms with van der Waals surface area (Å²) >= 11 is 5.57. The van der Waals surface area contributed by atoms with Crippen LogP contribution in [-0.2, 0) is 6.42 Å². The summed E-state index contributed by atoms with van der Waals surface area (Å²) in [5.74, 6) is 1.96. The van der Waals surface area contributed by atoms with E-state index >= 15 is 0 Å². The van der Waals surface area contributed by atoms with Gasteiger partial charge in [-0.15, -0.1) is 11.8 Å². The number of halogens is 1. The molecule has 0 aliphatic heterocycles. The van der Waals surface area contributed by atoms with E-state index in [0.717, 1.165) is 12.3 Å². The molecule has 3 heteroatoms. The molecule has 17 heavy (non-hydrogen) atoms. The largest absolute Gasteiger partial charge is 0.328 e. The van der Waals surface area contributed by atoms with Crippen LogP contribution in [0.25, 0.3) is 0 Å². The molecule has 0 saturated carbocycles. The third kappa shape index (κ3) is 5.94. The summed E-state index contributed by atoms with van der Waals surface area (Å²) in [4.78, 5) is 1.33. The second-order valence-electron chi connectivity index (χ2n) is 4.98. The molecule has 1 atom stereocenters. The van der Waals surface area contributed by atoms with E-state index in [1.54, 1.807) is 0 Å². The van der Waals surface area contributed by atoms with E-state index in [1.165, 1.54) is 27.1 Å². The number of thioether (sulfide) groups is 1. The van der Waals surface area contributed by atoms with Crippen LogP contribution in [0.3, 0.4) is 0 Å². The average Bonchev–Trinajstić information content (AvgIpc) is 2.20. The summed E-state index contributed by atoms with van der Waals surface area (Å²) in [6, 6.07) is 6.81. The molecule has 1 nitrogen and oxygen atoms in total. The fourth-order valence-corrected chi connectivity index (χ4v) is 3.50. The fraction of sp³-hybridized carbons (Fsp3) is 0.571. The van der Waals surface area contributed by atoms with E-state index in [2.05, 4.69) is 48.0 Å². The van der Waals surface area contributed by atoms with Crippen molar-refractivity contribution in [3.05, 3.63) is 28.2 Å². The van der Waals surface area contributed by atoms with Gasteiger partial charge < -0.3 is 5.73 Å². The van der Waals surface area contributed by atoms with Gasteiger partial charge in [0.2, 0.25) is 0 Å². The third-order valence-corrected chi connectivity index (χ3v) is 4.53. The van der Waals surface area contributed by atoms with Crippen LogP contribution in [0.15, 0.2) is 27.6 Å². The molecular weight excluding hydrogens is 294 g/mol. The maximum atomic E-state index is 5.81. The molecule has 0 spiro atoms. The average molecular weight is 316 g/mol. The lowest BCUT2D eigenvalue weighted by Crippen LogP contribution is -2.17. The second kappa shape index (κ2) is 7.45. The van der Waals surface area contributed by atoms with E-state index in [1.807, 2.05) is 18.7 Å². The SMILES string of the molecule is CC(C)CCSc1ccc(CC(C)N)cc1Br. The van der Waals surface area contributed by atoms with Gasteiger partial charge in [0.25, 0.3) is 0 Å². The molecule has 1 aromatic carbocycles. The summed E-state index contributed by atoms with van der Waals surface area (Å²) in [6.45, 7) is 6.57. The fourth-order valence-electron chi connectivity index (χ4n) is 1.56. The lowest BCUT2D eigenvalue weighted by molar-refractivity contribution is 0.632. The number of rotatable bonds is 6. The predicted octanol–water partition coefficient (Wildman–Crippen LogP) is 4.48. The highest BCUT2D eigenvalue weighted by Gasteiger charge is 2.04. The van der Waals surface area contributed by atoms with E-state index in [-0.39, 0.29) is 6.04 Å². The molecule has 0 fully saturated rings. The van der Waals surface area contributed by atoms with Crippen molar-refractivity contribution in [3.8, 4) is 0 Å². The van der Waals surface area contributed by atoms with Crippen molar-refractivity contribution in [3.63, 3.8) is 0 Å². The van der Waals surface area contributed by atoms with Gasteiger partial charge in [-0.25, -0.2) is 0 Å². The van der Waals surface area contributed by atoms with Crippen molar-refractivity contribution in [2.75, 3.05) is 5.75 Å². The molecule has 96 valence electrons. The Balaban J connectivity index is 2.57. The van der Waals surface area contributed by atoms with Gasteiger partial charge >= 0.3 is 0 Å². The van der Waals surface area contributed by atoms with Crippen LogP contribution < -0.4 is 5.73 Å². The Labute approximate surface area is 118 Å². The van der Waals surface area contributed by atoms with Crippen molar-refractivity contribution >= 4 is 27.7 Å². The van der Waals surface area contributed by atoms with E-state index in [9.17, 15) is 0 Å². The third-order valence-electron chi connectivity index (χ3n) is 2.51. The zero-order chi connectivity index (χ0) is 12.8. The molecule has 1 rings (SSSR count). The van der Waals surface area contributed by atoms with Crippen molar-refractivity contribution < 1.29 is 0 Å². The summed E-state index contributed by atoms with van der Waals surface area (Å²) in [7, 11) is 0. The van der Waals surface area contributed by atoms with E-state index in [4.69, 9.17) is 5.73 Å². The summed E-state index contributed by atoms with van der Waals surface area (Å²) < 4.78 is 1.20. The number of nitrogens with two attached hydrogens (primary N) is 1. The quantitative estimate of drug-likeness (QED) is 0.783. The minimum atomic E-state index is 0.223. The van der Waals surface area contributed by atoms with Crippen LogP contribution in [-0.4, -0.2) is 11.8 Å². The Morgan fingerprint density at radius 3 is 2.53 bits per heavy atom. The number of benzene rings is 1. The molecule has 1 aromatic rings. The Kier molecular flexibility index (Phi) is 6.60. The first-order chi connectivity index (χ1) is 7.99. The van der Waals surface area contributed by atoms with E-state index < -0.39 is 0 Å². The molecule has 0 amide bonds. The van der Waals surface area contributed by atoms with Gasteiger partial charge in [0.1, 0.15) is 0 Å². The Morgan fingerprint density at radius 1 is 1.29 bits per heavy atom. The van der Waals surface area contributed by atoms with Gasteiger partial charge in [0, 0.05) is 15.4 Å². The molecule has 1 unspecified atom stereocenters. The summed E-state index contributed by atoms with van der Waals surface area (Å²) in [5, 5.41) is 0. The van der Waals surface area contributed by atoms with Gasteiger partial charge in [-0.1, -0.05) is 19.9 Å². The Morgan fingerprint density at radius 2 is 2.00 bits per heavy atom. The minimum absolute atomic E-state index is 0.223. The smallest absolute Gasteiger partial charge is 0.0313 e. The monoisotopic (exact) mass is 315 g/mol. The zero-order valence-corrected chi connectivity index (χ0v) is 13.3. The standard InChI is InChI=1S/C14H22BrNS/c1-10(2)6-7-17-14-5-4-12(8-11(3)16)9-13(14)15/h4-5,9-11H,6-8,16H2,1-3H3. The first-order valence-corrected chi connectivity index (χ1v) is 7.93. The van der Waals surface area contributed by atoms with Gasteiger partial charge in [-0.05, 0) is 65.1 Å². The Bertz CT molecular complexity index is 350. The minimum Gasteiger partial charge on any atom is -0.328 e. The van der Waals surface area contributed by atoms with Gasteiger partial charge in [-0.2, -0.15) is 0 Å². The van der Waals surface area contributed by atoms with Crippen LogP contribution in [0.2, 0.25) is 0 Å². The highest BCUT2D eigenvalue weighted by molar-refractivity contribution is 9.10. The van der Waals surface area contributed by atoms with Crippen molar-refractivity contribution in [2.24, 2.45) is 11.7 Å². The Hall–Kier alpha value is 0.01000. The topological polar surface area (TPSA) is 26.0 Å². The predicted molar refractivity (Wildman–Crippen MR) is 81.7 cm³/mol. The first kappa shape index (κ1) is 15.1. The van der Waals surface area contributed by atoms with Crippen LogP contribution in [0.4, 0.5) is 0 Å². The van der Waals surface area contributed by atoms with Crippen molar-refractivity contribution in [1.82, 2.24) is 0 Å². The van der Waals surface area contributed by atoms with Crippen LogP contribution in [0, 0.1) is 5.92 Å². The highest BCUT2D eigenvalue weighted by Crippen LogP contribution is 2.29. The van der Waals surface area contributed by atoms with Gasteiger partial charge in [-0.3, -0.25) is 0 Å². The molecular formula is C14H22BrNS. The van der Waals surface area contributed by atoms with Crippen LogP contribution in [0.5, 0.6) is 0 Å². The van der Waals surface area contributed by atoms with E-state index in [0.29, 0.717) is 0 Å². The normalized spacial score (nSPS) is 13.1. The van der Waals surface area contributed by atoms with Gasteiger partial charge in [0.15, 0.2) is 0 Å². The zero-order valence-electron chi connectivity index (χ0n) is 10.9. The number of hydrogen-bond donors (Lipinski definition) is 1. The van der Waals surface area contributed by atoms with Crippen molar-refractivity contribution in [1.29, 1.82) is 0 Å². The summed E-state index contributed by atoms with van der Waals surface area (Å²) in [5.41, 5.74) is 7.11. The summed E-state index contributed by atoms with van der Waals surface area (Å²) in [6.07, 6.45) is 2.20. The van der Waals surface area contributed by atoms with Gasteiger partial charge in [0.05, 0.1) is 0 Å². The maximum absolute atomic E-state index is 5.81. The molecule has 0 aliphatic rings. The molecule has 0 aromatic heterocycles. The molecule has 0 radical (unpaired) electrons. The second-order valence-corrected chi connectivity index (χ2v) is 6.97. The lowest BCUT2D eigenvalue weighted by atomic mass is 10.1. The molecule has 0 aliphatic carbocycles. The maximum Gasteiger partial charge on any atom is 0.0313 e. The first-order valence-electron chi connectivity index (χ1n) is 6.16. The highest BCUT2D eigenvalue weighted by atomic mass is 79.9. The molecule has 0 saturated heterocycles.